The number of para-hydroxylation sites is 2. The molecule has 0 spiro atoms. The summed E-state index contributed by atoms with van der Waals surface area (Å²) in [5.74, 6) is -0.244. The molecule has 2 N–H and O–H groups in total. The van der Waals surface area contributed by atoms with Gasteiger partial charge in [-0.3, -0.25) is 14.9 Å². The molecule has 0 saturated carbocycles. The largest absolute Gasteiger partial charge is 0.396 e. The lowest BCUT2D eigenvalue weighted by atomic mass is 10.2. The Labute approximate surface area is 117 Å². The van der Waals surface area contributed by atoms with E-state index in [9.17, 15) is 14.9 Å². The Balaban J connectivity index is 2.69. The number of nitrogens with one attached hydrogen (secondary N) is 1. The Kier molecular flexibility index (Phi) is 5.92. The fourth-order valence-electron chi connectivity index (χ4n) is 1.83. The van der Waals surface area contributed by atoms with Crippen LogP contribution in [0.25, 0.3) is 0 Å². The SMILES string of the molecule is C[C@H](CCO)NC(=O)CN(C)c1ccccc1[N+](=O)[O-]. The zero-order chi connectivity index (χ0) is 15.1. The van der Waals surface area contributed by atoms with Crippen molar-refractivity contribution in [1.82, 2.24) is 5.32 Å². The number of anilines is 1. The highest BCUT2D eigenvalue weighted by atomic mass is 16.6. The summed E-state index contributed by atoms with van der Waals surface area (Å²) in [6.07, 6.45) is 0.473. The van der Waals surface area contributed by atoms with Crippen molar-refractivity contribution in [3.8, 4) is 0 Å². The zero-order valence-corrected chi connectivity index (χ0v) is 11.6. The summed E-state index contributed by atoms with van der Waals surface area (Å²) in [6.45, 7) is 1.81. The number of benzene rings is 1. The summed E-state index contributed by atoms with van der Waals surface area (Å²) < 4.78 is 0. The van der Waals surface area contributed by atoms with Crippen molar-refractivity contribution in [3.63, 3.8) is 0 Å². The van der Waals surface area contributed by atoms with Crippen LogP contribution in [0, 0.1) is 10.1 Å². The van der Waals surface area contributed by atoms with Gasteiger partial charge in [0.2, 0.25) is 5.91 Å². The monoisotopic (exact) mass is 281 g/mol. The summed E-state index contributed by atoms with van der Waals surface area (Å²) in [7, 11) is 1.62. The Morgan fingerprint density at radius 1 is 1.50 bits per heavy atom. The minimum Gasteiger partial charge on any atom is -0.396 e. The van der Waals surface area contributed by atoms with E-state index >= 15 is 0 Å². The van der Waals surface area contributed by atoms with Gasteiger partial charge < -0.3 is 15.3 Å². The third kappa shape index (κ3) is 4.51. The number of rotatable bonds is 7. The molecule has 0 saturated heterocycles. The highest BCUT2D eigenvalue weighted by molar-refractivity contribution is 5.82. The lowest BCUT2D eigenvalue weighted by Crippen LogP contribution is -2.40. The van der Waals surface area contributed by atoms with E-state index in [1.54, 1.807) is 32.2 Å². The Hall–Kier alpha value is -2.15. The van der Waals surface area contributed by atoms with Crippen molar-refractivity contribution in [2.24, 2.45) is 0 Å². The number of aliphatic hydroxyl groups is 1. The maximum atomic E-state index is 11.8. The van der Waals surface area contributed by atoms with Crippen molar-refractivity contribution in [2.45, 2.75) is 19.4 Å². The Morgan fingerprint density at radius 2 is 2.15 bits per heavy atom. The van der Waals surface area contributed by atoms with Crippen LogP contribution in [0.2, 0.25) is 0 Å². The van der Waals surface area contributed by atoms with Gasteiger partial charge in [0, 0.05) is 25.8 Å². The molecule has 1 atom stereocenters. The van der Waals surface area contributed by atoms with Crippen LogP contribution >= 0.6 is 0 Å². The van der Waals surface area contributed by atoms with Gasteiger partial charge in [0.1, 0.15) is 5.69 Å². The maximum absolute atomic E-state index is 11.8. The van der Waals surface area contributed by atoms with Gasteiger partial charge in [-0.25, -0.2) is 0 Å². The lowest BCUT2D eigenvalue weighted by Gasteiger charge is -2.20. The second-order valence-electron chi connectivity index (χ2n) is 4.58. The van der Waals surface area contributed by atoms with Crippen LogP contribution in [0.15, 0.2) is 24.3 Å². The quantitative estimate of drug-likeness (QED) is 0.572. The Morgan fingerprint density at radius 3 is 2.75 bits per heavy atom. The highest BCUT2D eigenvalue weighted by Crippen LogP contribution is 2.26. The van der Waals surface area contributed by atoms with Gasteiger partial charge >= 0.3 is 0 Å². The molecule has 1 aromatic rings. The van der Waals surface area contributed by atoms with Crippen LogP contribution in [0.1, 0.15) is 13.3 Å². The zero-order valence-electron chi connectivity index (χ0n) is 11.6. The molecule has 0 aliphatic rings. The molecular weight excluding hydrogens is 262 g/mol. The second-order valence-corrected chi connectivity index (χ2v) is 4.58. The molecule has 0 aliphatic heterocycles. The number of carbonyl (C=O) groups excluding carboxylic acids is 1. The molecule has 1 rings (SSSR count). The topological polar surface area (TPSA) is 95.7 Å². The molecule has 7 nitrogen and oxygen atoms in total. The number of nitro groups is 1. The predicted octanol–water partition coefficient (Wildman–Crippen LogP) is 0.918. The number of nitrogens with zero attached hydrogens (tertiary/aromatic N) is 2. The third-order valence-electron chi connectivity index (χ3n) is 2.84. The van der Waals surface area contributed by atoms with E-state index in [2.05, 4.69) is 5.32 Å². The summed E-state index contributed by atoms with van der Waals surface area (Å²) >= 11 is 0. The first-order valence-corrected chi connectivity index (χ1v) is 6.30. The molecule has 0 unspecified atom stereocenters. The van der Waals surface area contributed by atoms with Crippen LogP contribution in [-0.2, 0) is 4.79 Å². The summed E-state index contributed by atoms with van der Waals surface area (Å²) in [6, 6.07) is 6.14. The molecule has 0 heterocycles. The minimum absolute atomic E-state index is 0.00143. The minimum atomic E-state index is -0.474. The number of nitro benzene ring substituents is 1. The molecule has 110 valence electrons. The molecule has 1 amide bonds. The number of likely N-dealkylation sites (N-methyl/N-ethyl adjacent to an activating group) is 1. The number of hydrogen-bond donors (Lipinski definition) is 2. The summed E-state index contributed by atoms with van der Waals surface area (Å²) in [5, 5.41) is 22.4. The fraction of sp³-hybridized carbons (Fsp3) is 0.462. The number of amides is 1. The van der Waals surface area contributed by atoms with Gasteiger partial charge in [-0.05, 0) is 19.4 Å². The van der Waals surface area contributed by atoms with Crippen LogP contribution in [-0.4, -0.2) is 42.2 Å². The molecular formula is C13H19N3O4. The molecule has 1 aromatic carbocycles. The van der Waals surface area contributed by atoms with E-state index in [0.29, 0.717) is 12.1 Å². The smallest absolute Gasteiger partial charge is 0.292 e. The normalized spacial score (nSPS) is 11.8. The molecule has 0 aliphatic carbocycles. The van der Waals surface area contributed by atoms with E-state index in [0.717, 1.165) is 0 Å². The number of hydrogen-bond acceptors (Lipinski definition) is 5. The second kappa shape index (κ2) is 7.44. The summed E-state index contributed by atoms with van der Waals surface area (Å²) in [5.41, 5.74) is 0.355. The van der Waals surface area contributed by atoms with E-state index in [-0.39, 0.29) is 30.8 Å². The van der Waals surface area contributed by atoms with E-state index in [1.807, 2.05) is 0 Å². The van der Waals surface area contributed by atoms with Crippen LogP contribution in [0.4, 0.5) is 11.4 Å². The first-order valence-electron chi connectivity index (χ1n) is 6.30. The average Bonchev–Trinajstić information content (AvgIpc) is 2.38. The molecule has 0 fully saturated rings. The maximum Gasteiger partial charge on any atom is 0.292 e. The number of carbonyl (C=O) groups is 1. The predicted molar refractivity (Wildman–Crippen MR) is 75.7 cm³/mol. The van der Waals surface area contributed by atoms with Gasteiger partial charge in [-0.1, -0.05) is 12.1 Å². The van der Waals surface area contributed by atoms with Crippen molar-refractivity contribution >= 4 is 17.3 Å². The molecule has 20 heavy (non-hydrogen) atoms. The van der Waals surface area contributed by atoms with E-state index < -0.39 is 4.92 Å². The van der Waals surface area contributed by atoms with Crippen LogP contribution < -0.4 is 10.2 Å². The molecule has 7 heteroatoms. The fourth-order valence-corrected chi connectivity index (χ4v) is 1.83. The van der Waals surface area contributed by atoms with Crippen LogP contribution in [0.5, 0.6) is 0 Å². The molecule has 0 aromatic heterocycles. The molecule has 0 radical (unpaired) electrons. The highest BCUT2D eigenvalue weighted by Gasteiger charge is 2.18. The first kappa shape index (κ1) is 15.9. The standard InChI is InChI=1S/C13H19N3O4/c1-10(7-8-17)14-13(18)9-15(2)11-5-3-4-6-12(11)16(19)20/h3-6,10,17H,7-9H2,1-2H3,(H,14,18)/t10-/m1/s1. The average molecular weight is 281 g/mol. The van der Waals surface area contributed by atoms with E-state index in [4.69, 9.17) is 5.11 Å². The third-order valence-corrected chi connectivity index (χ3v) is 2.84. The van der Waals surface area contributed by atoms with Crippen molar-refractivity contribution in [3.05, 3.63) is 34.4 Å². The van der Waals surface area contributed by atoms with E-state index in [1.165, 1.54) is 11.0 Å². The van der Waals surface area contributed by atoms with Crippen molar-refractivity contribution in [2.75, 3.05) is 25.1 Å². The number of aliphatic hydroxyl groups excluding tert-OH is 1. The van der Waals surface area contributed by atoms with Gasteiger partial charge in [-0.2, -0.15) is 0 Å². The van der Waals surface area contributed by atoms with Gasteiger partial charge in [0.05, 0.1) is 11.5 Å². The summed E-state index contributed by atoms with van der Waals surface area (Å²) in [4.78, 5) is 23.8. The van der Waals surface area contributed by atoms with Crippen molar-refractivity contribution < 1.29 is 14.8 Å². The van der Waals surface area contributed by atoms with Gasteiger partial charge in [0.25, 0.3) is 5.69 Å². The molecule has 0 bridgehead atoms. The van der Waals surface area contributed by atoms with Crippen LogP contribution in [0.3, 0.4) is 0 Å². The van der Waals surface area contributed by atoms with Crippen molar-refractivity contribution in [1.29, 1.82) is 0 Å². The van der Waals surface area contributed by atoms with Gasteiger partial charge in [-0.15, -0.1) is 0 Å². The lowest BCUT2D eigenvalue weighted by molar-refractivity contribution is -0.384. The first-order chi connectivity index (χ1) is 9.45. The van der Waals surface area contributed by atoms with Gasteiger partial charge in [0.15, 0.2) is 0 Å². The Bertz CT molecular complexity index is 478.